The minimum absolute atomic E-state index is 0.0506. The summed E-state index contributed by atoms with van der Waals surface area (Å²) >= 11 is 0. The summed E-state index contributed by atoms with van der Waals surface area (Å²) in [7, 11) is 1.42. The van der Waals surface area contributed by atoms with E-state index in [9.17, 15) is 8.78 Å². The van der Waals surface area contributed by atoms with Gasteiger partial charge in [-0.25, -0.2) is 9.97 Å². The summed E-state index contributed by atoms with van der Waals surface area (Å²) < 4.78 is 35.4. The summed E-state index contributed by atoms with van der Waals surface area (Å²) in [5.74, 6) is 0.901. The third-order valence-corrected chi connectivity index (χ3v) is 6.13. The van der Waals surface area contributed by atoms with E-state index in [1.165, 1.54) is 25.1 Å². The molecule has 1 aromatic heterocycles. The van der Waals surface area contributed by atoms with Crippen molar-refractivity contribution >= 4 is 22.9 Å². The van der Waals surface area contributed by atoms with Crippen LogP contribution in [0, 0.1) is 0 Å². The quantitative estimate of drug-likeness (QED) is 0.555. The number of nitrogens with zero attached hydrogens (tertiary/aromatic N) is 5. The lowest BCUT2D eigenvalue weighted by Gasteiger charge is -2.39. The molecule has 1 fully saturated rings. The second kappa shape index (κ2) is 10.2. The highest BCUT2D eigenvalue weighted by Crippen LogP contribution is 2.36. The number of hydrogen-bond acceptors (Lipinski definition) is 8. The van der Waals surface area contributed by atoms with Crippen LogP contribution in [0.4, 0.5) is 14.6 Å². The number of ether oxygens (including phenoxy) is 2. The predicted octanol–water partition coefficient (Wildman–Crippen LogP) is 3.45. The fraction of sp³-hybridized carbons (Fsp3) is 0.320. The number of methoxy groups -OCH3 is 1. The summed E-state index contributed by atoms with van der Waals surface area (Å²) in [6.07, 6.45) is 6.17. The number of piperazine rings is 1. The molecule has 2 aliphatic rings. The van der Waals surface area contributed by atoms with Crippen LogP contribution in [0.2, 0.25) is 0 Å². The number of hydrogen-bond donors (Lipinski definition) is 1. The first-order chi connectivity index (χ1) is 17.1. The van der Waals surface area contributed by atoms with E-state index in [0.717, 1.165) is 49.4 Å². The van der Waals surface area contributed by atoms with Crippen molar-refractivity contribution in [1.82, 2.24) is 20.2 Å². The molecule has 8 nitrogen and oxygen atoms in total. The normalized spacial score (nSPS) is 18.5. The Hall–Kier alpha value is -3.79. The number of allylic oxidation sites excluding steroid dienone is 1. The van der Waals surface area contributed by atoms with Gasteiger partial charge in [-0.1, -0.05) is 30.3 Å². The summed E-state index contributed by atoms with van der Waals surface area (Å²) in [5.41, 5.74) is 2.91. The van der Waals surface area contributed by atoms with Crippen molar-refractivity contribution < 1.29 is 18.3 Å². The van der Waals surface area contributed by atoms with Gasteiger partial charge < -0.3 is 19.7 Å². The summed E-state index contributed by atoms with van der Waals surface area (Å²) in [5, 5.41) is 4.13. The molecule has 3 aromatic rings. The third kappa shape index (κ3) is 5.17. The fourth-order valence-corrected chi connectivity index (χ4v) is 4.38. The van der Waals surface area contributed by atoms with Crippen molar-refractivity contribution in [3.05, 3.63) is 66.1 Å². The van der Waals surface area contributed by atoms with Gasteiger partial charge in [0.2, 0.25) is 0 Å². The van der Waals surface area contributed by atoms with Gasteiger partial charge in [-0.15, -0.1) is 0 Å². The number of anilines is 1. The maximum Gasteiger partial charge on any atom is 0.387 e. The molecular weight excluding hydrogens is 454 g/mol. The molecule has 182 valence electrons. The summed E-state index contributed by atoms with van der Waals surface area (Å²) in [6, 6.07) is 13.4. The van der Waals surface area contributed by atoms with Crippen LogP contribution in [-0.4, -0.2) is 67.3 Å². The molecule has 0 amide bonds. The molecule has 0 radical (unpaired) electrons. The topological polar surface area (TPSA) is 75.1 Å². The molecule has 1 unspecified atom stereocenters. The number of fused-ring (bicyclic) bond motifs is 1. The molecule has 1 N–H and O–H groups in total. The lowest BCUT2D eigenvalue weighted by atomic mass is 10.1. The van der Waals surface area contributed by atoms with E-state index >= 15 is 0 Å². The van der Waals surface area contributed by atoms with E-state index in [4.69, 9.17) is 9.73 Å². The van der Waals surface area contributed by atoms with E-state index < -0.39 is 6.61 Å². The van der Waals surface area contributed by atoms with E-state index in [1.54, 1.807) is 6.07 Å². The van der Waals surface area contributed by atoms with Crippen LogP contribution >= 0.6 is 0 Å². The second-order valence-electron chi connectivity index (χ2n) is 8.32. The first-order valence-electron chi connectivity index (χ1n) is 11.4. The van der Waals surface area contributed by atoms with Gasteiger partial charge in [0, 0.05) is 56.5 Å². The molecule has 5 rings (SSSR count). The van der Waals surface area contributed by atoms with Crippen LogP contribution < -0.4 is 19.7 Å². The average Bonchev–Trinajstić information content (AvgIpc) is 2.89. The zero-order valence-corrected chi connectivity index (χ0v) is 19.3. The lowest BCUT2D eigenvalue weighted by molar-refractivity contribution is -0.0511. The highest BCUT2D eigenvalue weighted by Gasteiger charge is 2.26. The average molecular weight is 481 g/mol. The molecule has 0 aliphatic carbocycles. The largest absolute Gasteiger partial charge is 0.493 e. The van der Waals surface area contributed by atoms with Crippen molar-refractivity contribution in [1.29, 1.82) is 0 Å². The minimum Gasteiger partial charge on any atom is -0.493 e. The monoisotopic (exact) mass is 480 g/mol. The molecule has 2 aliphatic heterocycles. The van der Waals surface area contributed by atoms with Crippen molar-refractivity contribution in [3.63, 3.8) is 0 Å². The predicted molar refractivity (Wildman–Crippen MR) is 130 cm³/mol. The highest BCUT2D eigenvalue weighted by atomic mass is 19.3. The SMILES string of the molecule is COc1cc2c(N3CCN(C4N=CC(Cc5ccccc5)=CN4)CC3)ncnc2cc1OC(F)F. The summed E-state index contributed by atoms with van der Waals surface area (Å²) in [4.78, 5) is 17.9. The maximum atomic E-state index is 12.8. The Balaban J connectivity index is 1.24. The second-order valence-corrected chi connectivity index (χ2v) is 8.32. The van der Waals surface area contributed by atoms with Gasteiger partial charge in [0.05, 0.1) is 12.6 Å². The van der Waals surface area contributed by atoms with Crippen molar-refractivity contribution in [2.24, 2.45) is 4.99 Å². The number of rotatable bonds is 7. The third-order valence-electron chi connectivity index (χ3n) is 6.13. The Labute approximate surface area is 201 Å². The Bertz CT molecular complexity index is 1230. The van der Waals surface area contributed by atoms with Crippen molar-refractivity contribution in [3.8, 4) is 11.5 Å². The van der Waals surface area contributed by atoms with Crippen LogP contribution in [0.5, 0.6) is 11.5 Å². The van der Waals surface area contributed by atoms with Gasteiger partial charge in [0.1, 0.15) is 12.1 Å². The molecule has 1 atom stereocenters. The zero-order chi connectivity index (χ0) is 24.2. The molecule has 0 saturated carbocycles. The van der Waals surface area contributed by atoms with Gasteiger partial charge >= 0.3 is 6.61 Å². The van der Waals surface area contributed by atoms with Gasteiger partial charge in [0.15, 0.2) is 17.8 Å². The first-order valence-corrected chi connectivity index (χ1v) is 11.4. The van der Waals surface area contributed by atoms with Crippen molar-refractivity contribution in [2.75, 3.05) is 38.2 Å². The molecule has 0 bridgehead atoms. The highest BCUT2D eigenvalue weighted by molar-refractivity contribution is 5.92. The molecule has 3 heterocycles. The van der Waals surface area contributed by atoms with Crippen LogP contribution in [0.1, 0.15) is 5.56 Å². The maximum absolute atomic E-state index is 12.8. The van der Waals surface area contributed by atoms with Crippen LogP contribution in [0.25, 0.3) is 10.9 Å². The Morgan fingerprint density at radius 2 is 1.86 bits per heavy atom. The van der Waals surface area contributed by atoms with E-state index in [2.05, 4.69) is 42.0 Å². The molecule has 10 heteroatoms. The van der Waals surface area contributed by atoms with Crippen LogP contribution in [-0.2, 0) is 6.42 Å². The van der Waals surface area contributed by atoms with Gasteiger partial charge in [-0.05, 0) is 17.2 Å². The van der Waals surface area contributed by atoms with E-state index in [0.29, 0.717) is 5.52 Å². The Kier molecular flexibility index (Phi) is 6.71. The molecular formula is C25H26F2N6O2. The Morgan fingerprint density at radius 3 is 2.54 bits per heavy atom. The Morgan fingerprint density at radius 1 is 1.06 bits per heavy atom. The number of benzene rings is 2. The van der Waals surface area contributed by atoms with Crippen molar-refractivity contribution in [2.45, 2.75) is 19.3 Å². The number of aliphatic imine (C=N–C) groups is 1. The standard InChI is InChI=1S/C25H26F2N6O2/c1-34-21-12-19-20(13-22(21)35-24(26)27)30-16-31-23(19)32-7-9-33(10-8-32)25-28-14-18(15-29-25)11-17-5-3-2-4-6-17/h2-6,12-16,24-25,28H,7-11H2,1H3. The molecule has 1 saturated heterocycles. The van der Waals surface area contributed by atoms with Crippen LogP contribution in [0.3, 0.4) is 0 Å². The fourth-order valence-electron chi connectivity index (χ4n) is 4.38. The minimum atomic E-state index is -2.95. The molecule has 35 heavy (non-hydrogen) atoms. The van der Waals surface area contributed by atoms with E-state index in [1.807, 2.05) is 30.6 Å². The number of alkyl halides is 2. The van der Waals surface area contributed by atoms with Gasteiger partial charge in [0.25, 0.3) is 0 Å². The van der Waals surface area contributed by atoms with Gasteiger partial charge in [-0.2, -0.15) is 8.78 Å². The van der Waals surface area contributed by atoms with E-state index in [-0.39, 0.29) is 17.8 Å². The van der Waals surface area contributed by atoms with Gasteiger partial charge in [-0.3, -0.25) is 9.89 Å². The smallest absolute Gasteiger partial charge is 0.387 e. The summed E-state index contributed by atoms with van der Waals surface area (Å²) in [6.45, 7) is 0.0878. The first kappa shape index (κ1) is 23.0. The number of aromatic nitrogens is 2. The van der Waals surface area contributed by atoms with Crippen LogP contribution in [0.15, 0.2) is 65.6 Å². The molecule has 2 aromatic carbocycles. The molecule has 0 spiro atoms. The lowest BCUT2D eigenvalue weighted by Crippen LogP contribution is -2.54. The zero-order valence-electron chi connectivity index (χ0n) is 19.3. The number of nitrogens with one attached hydrogen (secondary N) is 1. The number of halogens is 2.